The van der Waals surface area contributed by atoms with Crippen molar-refractivity contribution in [2.24, 2.45) is 0 Å². The summed E-state index contributed by atoms with van der Waals surface area (Å²) in [5.41, 5.74) is 2.66. The Morgan fingerprint density at radius 1 is 0.480 bits per heavy atom. The molecule has 0 saturated heterocycles. The van der Waals surface area contributed by atoms with Crippen molar-refractivity contribution < 1.29 is 32.7 Å². The van der Waals surface area contributed by atoms with E-state index in [-0.39, 0.29) is 32.7 Å². The van der Waals surface area contributed by atoms with E-state index in [2.05, 4.69) is 50.2 Å². The van der Waals surface area contributed by atoms with Crippen molar-refractivity contribution in [2.75, 3.05) is 0 Å². The van der Waals surface area contributed by atoms with Gasteiger partial charge in [-0.1, -0.05) is 63.1 Å². The molecule has 0 nitrogen and oxygen atoms in total. The van der Waals surface area contributed by atoms with Crippen LogP contribution in [-0.4, -0.2) is 0 Å². The maximum absolute atomic E-state index is 2.89. The van der Waals surface area contributed by atoms with Gasteiger partial charge in [-0.05, 0) is 13.8 Å². The van der Waals surface area contributed by atoms with E-state index in [1.807, 2.05) is 88.4 Å². The van der Waals surface area contributed by atoms with Gasteiger partial charge in [-0.3, -0.25) is 0 Å². The summed E-state index contributed by atoms with van der Waals surface area (Å²) >= 11 is 0. The van der Waals surface area contributed by atoms with Gasteiger partial charge in [0.2, 0.25) is 0 Å². The Labute approximate surface area is 181 Å². The number of rotatable bonds is 0. The van der Waals surface area contributed by atoms with Crippen molar-refractivity contribution in [1.82, 2.24) is 0 Å². The molecule has 3 aromatic carbocycles. The van der Waals surface area contributed by atoms with E-state index in [1.54, 1.807) is 0 Å². The third kappa shape index (κ3) is 22.8. The van der Waals surface area contributed by atoms with Gasteiger partial charge in [-0.2, -0.15) is 72.8 Å². The van der Waals surface area contributed by atoms with Crippen LogP contribution in [0.15, 0.2) is 84.9 Å². The van der Waals surface area contributed by atoms with Crippen molar-refractivity contribution in [3.63, 3.8) is 0 Å². The summed E-state index contributed by atoms with van der Waals surface area (Å²) in [4.78, 5) is 0. The monoisotopic (exact) mass is 409 g/mol. The summed E-state index contributed by atoms with van der Waals surface area (Å²) in [6.07, 6.45) is 0. The SMILES string of the molecule is CC.CC.Cc1ccc(C)cc1.[Y].[c-]1ccccc1.[c-]1ccccc1. The largest absolute Gasteiger partial charge is 0.184 e. The first kappa shape index (κ1) is 28.6. The fraction of sp³-hybridized carbons (Fsp3) is 0.250. The second-order valence-electron chi connectivity index (χ2n) is 4.31. The Bertz CT molecular complexity index is 424. The van der Waals surface area contributed by atoms with Gasteiger partial charge in [0.25, 0.3) is 0 Å². The normalized spacial score (nSPS) is 7.28. The molecule has 0 fully saturated rings. The minimum Gasteiger partial charge on any atom is -0.184 e. The van der Waals surface area contributed by atoms with E-state index >= 15 is 0 Å². The third-order valence-electron chi connectivity index (χ3n) is 2.43. The zero-order valence-corrected chi connectivity index (χ0v) is 19.5. The molecule has 0 atom stereocenters. The second kappa shape index (κ2) is 25.0. The minimum atomic E-state index is 0. The molecular formula is C24H32Y-2. The molecule has 3 rings (SSSR count). The van der Waals surface area contributed by atoms with Gasteiger partial charge in [0.1, 0.15) is 0 Å². The number of hydrogen-bond acceptors (Lipinski definition) is 0. The summed E-state index contributed by atoms with van der Waals surface area (Å²) in [5, 5.41) is 0. The molecule has 0 spiro atoms. The van der Waals surface area contributed by atoms with Gasteiger partial charge in [-0.25, -0.2) is 0 Å². The van der Waals surface area contributed by atoms with Crippen molar-refractivity contribution in [1.29, 1.82) is 0 Å². The first-order valence-corrected chi connectivity index (χ1v) is 8.64. The number of hydrogen-bond donors (Lipinski definition) is 0. The predicted octanol–water partition coefficient (Wildman–Crippen LogP) is 7.33. The fourth-order valence-electron chi connectivity index (χ4n) is 1.32. The summed E-state index contributed by atoms with van der Waals surface area (Å²) in [5.74, 6) is 0. The molecule has 1 radical (unpaired) electrons. The van der Waals surface area contributed by atoms with Crippen LogP contribution in [0.3, 0.4) is 0 Å². The van der Waals surface area contributed by atoms with Crippen LogP contribution >= 0.6 is 0 Å². The topological polar surface area (TPSA) is 0 Å². The zero-order valence-electron chi connectivity index (χ0n) is 16.7. The minimum absolute atomic E-state index is 0. The standard InChI is InChI=1S/C8H10.2C6H5.2C2H6.Y/c1-7-3-5-8(2)6-4-7;2*1-2-4-6-5-3-1;2*1-2;/h3-6H,1-2H3;2*1-5H;2*1-2H3;/q;2*-1;;;. The van der Waals surface area contributed by atoms with Crippen LogP contribution in [0.25, 0.3) is 0 Å². The first-order chi connectivity index (χ1) is 11.8. The zero-order chi connectivity index (χ0) is 18.5. The average Bonchev–Trinajstić information content (AvgIpc) is 2.71. The van der Waals surface area contributed by atoms with E-state index in [1.165, 1.54) is 11.1 Å². The quantitative estimate of drug-likeness (QED) is 0.341. The van der Waals surface area contributed by atoms with Crippen LogP contribution in [0.1, 0.15) is 38.8 Å². The van der Waals surface area contributed by atoms with Crippen LogP contribution in [0, 0.1) is 26.0 Å². The summed E-state index contributed by atoms with van der Waals surface area (Å²) in [6, 6.07) is 33.5. The molecule has 0 saturated carbocycles. The maximum Gasteiger partial charge on any atom is 0 e. The molecule has 0 aliphatic carbocycles. The van der Waals surface area contributed by atoms with Crippen LogP contribution in [0.4, 0.5) is 0 Å². The van der Waals surface area contributed by atoms with Gasteiger partial charge >= 0.3 is 0 Å². The molecule has 3 aromatic rings. The van der Waals surface area contributed by atoms with Crippen LogP contribution in [0.2, 0.25) is 0 Å². The maximum atomic E-state index is 2.89. The van der Waals surface area contributed by atoms with Crippen molar-refractivity contribution >= 4 is 0 Å². The average molecular weight is 409 g/mol. The third-order valence-corrected chi connectivity index (χ3v) is 2.43. The van der Waals surface area contributed by atoms with Crippen LogP contribution < -0.4 is 0 Å². The summed E-state index contributed by atoms with van der Waals surface area (Å²) in [6.45, 7) is 12.2. The Morgan fingerprint density at radius 2 is 0.720 bits per heavy atom. The second-order valence-corrected chi connectivity index (χ2v) is 4.31. The molecule has 0 N–H and O–H groups in total. The van der Waals surface area contributed by atoms with Crippen molar-refractivity contribution in [2.45, 2.75) is 41.5 Å². The molecule has 133 valence electrons. The fourth-order valence-corrected chi connectivity index (χ4v) is 1.32. The van der Waals surface area contributed by atoms with E-state index < -0.39 is 0 Å². The van der Waals surface area contributed by atoms with E-state index in [0.717, 1.165) is 0 Å². The van der Waals surface area contributed by atoms with Gasteiger partial charge in [0.15, 0.2) is 0 Å². The van der Waals surface area contributed by atoms with Gasteiger partial charge in [0.05, 0.1) is 0 Å². The molecule has 1 heteroatoms. The molecule has 0 heterocycles. The molecule has 0 aliphatic heterocycles. The van der Waals surface area contributed by atoms with Crippen LogP contribution in [-0.2, 0) is 32.7 Å². The molecule has 25 heavy (non-hydrogen) atoms. The van der Waals surface area contributed by atoms with Crippen molar-refractivity contribution in [3.05, 3.63) is 108 Å². The van der Waals surface area contributed by atoms with Gasteiger partial charge in [-0.15, -0.1) is 0 Å². The summed E-state index contributed by atoms with van der Waals surface area (Å²) < 4.78 is 0. The van der Waals surface area contributed by atoms with Crippen LogP contribution in [0.5, 0.6) is 0 Å². The van der Waals surface area contributed by atoms with E-state index in [0.29, 0.717) is 0 Å². The Balaban J connectivity index is -0.000000262. The van der Waals surface area contributed by atoms with Gasteiger partial charge < -0.3 is 0 Å². The number of benzene rings is 3. The van der Waals surface area contributed by atoms with Gasteiger partial charge in [0, 0.05) is 32.7 Å². The first-order valence-electron chi connectivity index (χ1n) is 8.64. The molecule has 0 aliphatic rings. The van der Waals surface area contributed by atoms with E-state index in [9.17, 15) is 0 Å². The Kier molecular flexibility index (Phi) is 28.6. The number of aryl methyl sites for hydroxylation is 2. The molecular weight excluding hydrogens is 377 g/mol. The Morgan fingerprint density at radius 3 is 0.840 bits per heavy atom. The smallest absolute Gasteiger partial charge is 0 e. The molecule has 0 bridgehead atoms. The molecule has 0 aromatic heterocycles. The van der Waals surface area contributed by atoms with Crippen molar-refractivity contribution in [3.8, 4) is 0 Å². The predicted molar refractivity (Wildman–Crippen MR) is 109 cm³/mol. The Hall–Kier alpha value is -1.24. The molecule has 0 amide bonds. The molecule has 0 unspecified atom stereocenters. The summed E-state index contributed by atoms with van der Waals surface area (Å²) in [7, 11) is 0. The van der Waals surface area contributed by atoms with E-state index in [4.69, 9.17) is 0 Å².